The molecule has 0 bridgehead atoms. The van der Waals surface area contributed by atoms with E-state index in [1.807, 2.05) is 30.2 Å². The van der Waals surface area contributed by atoms with Gasteiger partial charge in [0.05, 0.1) is 6.42 Å². The minimum absolute atomic E-state index is 0.212. The molecule has 0 spiro atoms. The molecular formula is C10H14BrNOS. The zero-order valence-electron chi connectivity index (χ0n) is 8.42. The standard InChI is InChI=1S/C10H14BrNOS/c1-3-12(4-2)10(13)6-9-5-8(11)7-14-9/h5,7H,3-4,6H2,1-2H3. The molecule has 0 fully saturated rings. The summed E-state index contributed by atoms with van der Waals surface area (Å²) in [6.45, 7) is 5.60. The maximum absolute atomic E-state index is 11.7. The van der Waals surface area contributed by atoms with Gasteiger partial charge in [0.15, 0.2) is 0 Å². The lowest BCUT2D eigenvalue weighted by molar-refractivity contribution is -0.130. The molecule has 1 aromatic rings. The Morgan fingerprint density at radius 2 is 2.14 bits per heavy atom. The van der Waals surface area contributed by atoms with E-state index in [-0.39, 0.29) is 5.91 Å². The average molecular weight is 276 g/mol. The van der Waals surface area contributed by atoms with Gasteiger partial charge in [-0.25, -0.2) is 0 Å². The molecule has 0 atom stereocenters. The minimum atomic E-state index is 0.212. The number of hydrogen-bond acceptors (Lipinski definition) is 2. The second-order valence-corrected chi connectivity index (χ2v) is 4.89. The van der Waals surface area contributed by atoms with Gasteiger partial charge in [-0.2, -0.15) is 0 Å². The van der Waals surface area contributed by atoms with E-state index in [1.54, 1.807) is 11.3 Å². The third kappa shape index (κ3) is 3.10. The van der Waals surface area contributed by atoms with Crippen molar-refractivity contribution >= 4 is 33.2 Å². The Kier molecular flexibility index (Phi) is 4.62. The van der Waals surface area contributed by atoms with E-state index in [2.05, 4.69) is 15.9 Å². The second kappa shape index (κ2) is 5.51. The van der Waals surface area contributed by atoms with Gasteiger partial charge < -0.3 is 4.90 Å². The van der Waals surface area contributed by atoms with Gasteiger partial charge in [-0.15, -0.1) is 11.3 Å². The van der Waals surface area contributed by atoms with Crippen molar-refractivity contribution in [3.8, 4) is 0 Å². The van der Waals surface area contributed by atoms with Gasteiger partial charge in [0.2, 0.25) is 5.91 Å². The smallest absolute Gasteiger partial charge is 0.227 e. The van der Waals surface area contributed by atoms with E-state index in [9.17, 15) is 4.79 Å². The molecule has 0 aliphatic carbocycles. The molecule has 1 aromatic heterocycles. The molecule has 14 heavy (non-hydrogen) atoms. The first kappa shape index (κ1) is 11.7. The van der Waals surface area contributed by atoms with Crippen LogP contribution in [-0.2, 0) is 11.2 Å². The molecule has 0 saturated carbocycles. The van der Waals surface area contributed by atoms with Crippen molar-refractivity contribution in [2.45, 2.75) is 20.3 Å². The third-order valence-corrected chi connectivity index (χ3v) is 3.76. The van der Waals surface area contributed by atoms with E-state index in [0.717, 1.165) is 22.4 Å². The second-order valence-electron chi connectivity index (χ2n) is 2.97. The van der Waals surface area contributed by atoms with Gasteiger partial charge in [-0.1, -0.05) is 0 Å². The summed E-state index contributed by atoms with van der Waals surface area (Å²) in [4.78, 5) is 14.7. The van der Waals surface area contributed by atoms with Crippen LogP contribution in [0.15, 0.2) is 15.9 Å². The first-order valence-electron chi connectivity index (χ1n) is 4.68. The Labute approximate surface area is 97.1 Å². The molecule has 0 unspecified atom stereocenters. The summed E-state index contributed by atoms with van der Waals surface area (Å²) in [7, 11) is 0. The quantitative estimate of drug-likeness (QED) is 0.828. The monoisotopic (exact) mass is 275 g/mol. The lowest BCUT2D eigenvalue weighted by atomic mass is 10.3. The summed E-state index contributed by atoms with van der Waals surface area (Å²) in [5.41, 5.74) is 0. The third-order valence-electron chi connectivity index (χ3n) is 2.06. The average Bonchev–Trinajstić information content (AvgIpc) is 2.53. The van der Waals surface area contributed by atoms with Gasteiger partial charge >= 0.3 is 0 Å². The van der Waals surface area contributed by atoms with E-state index in [1.165, 1.54) is 0 Å². The number of thiophene rings is 1. The van der Waals surface area contributed by atoms with Crippen LogP contribution in [0, 0.1) is 0 Å². The molecule has 0 radical (unpaired) electrons. The number of nitrogens with zero attached hydrogens (tertiary/aromatic N) is 1. The minimum Gasteiger partial charge on any atom is -0.343 e. The number of carbonyl (C=O) groups excluding carboxylic acids is 1. The first-order valence-corrected chi connectivity index (χ1v) is 6.35. The summed E-state index contributed by atoms with van der Waals surface area (Å²) in [5, 5.41) is 2.00. The van der Waals surface area contributed by atoms with Gasteiger partial charge in [-0.3, -0.25) is 4.79 Å². The zero-order valence-corrected chi connectivity index (χ0v) is 10.8. The molecule has 1 rings (SSSR count). The highest BCUT2D eigenvalue weighted by atomic mass is 79.9. The largest absolute Gasteiger partial charge is 0.343 e. The molecule has 0 aliphatic heterocycles. The topological polar surface area (TPSA) is 20.3 Å². The molecule has 78 valence electrons. The normalized spacial score (nSPS) is 10.2. The SMILES string of the molecule is CCN(CC)C(=O)Cc1cc(Br)cs1. The molecule has 0 aliphatic rings. The number of rotatable bonds is 4. The van der Waals surface area contributed by atoms with Crippen LogP contribution >= 0.6 is 27.3 Å². The Morgan fingerprint density at radius 1 is 1.50 bits per heavy atom. The predicted molar refractivity (Wildman–Crippen MR) is 63.7 cm³/mol. The molecule has 0 N–H and O–H groups in total. The Bertz CT molecular complexity index is 307. The maximum atomic E-state index is 11.7. The fraction of sp³-hybridized carbons (Fsp3) is 0.500. The van der Waals surface area contributed by atoms with Gasteiger partial charge in [-0.05, 0) is 35.8 Å². The Hall–Kier alpha value is -0.350. The maximum Gasteiger partial charge on any atom is 0.227 e. The van der Waals surface area contributed by atoms with Gasteiger partial charge in [0.25, 0.3) is 0 Å². The fourth-order valence-corrected chi connectivity index (χ4v) is 2.73. The summed E-state index contributed by atoms with van der Waals surface area (Å²) < 4.78 is 1.06. The van der Waals surface area contributed by atoms with Crippen LogP contribution in [0.25, 0.3) is 0 Å². The Morgan fingerprint density at radius 3 is 2.57 bits per heavy atom. The molecule has 0 aromatic carbocycles. The number of hydrogen-bond donors (Lipinski definition) is 0. The summed E-state index contributed by atoms with van der Waals surface area (Å²) in [5.74, 6) is 0.212. The number of amides is 1. The van der Waals surface area contributed by atoms with Crippen molar-refractivity contribution in [3.63, 3.8) is 0 Å². The lowest BCUT2D eigenvalue weighted by Crippen LogP contribution is -2.31. The predicted octanol–water partition coefficient (Wildman–Crippen LogP) is 2.92. The van der Waals surface area contributed by atoms with Gasteiger partial charge in [0, 0.05) is 27.8 Å². The van der Waals surface area contributed by atoms with Gasteiger partial charge in [0.1, 0.15) is 0 Å². The summed E-state index contributed by atoms with van der Waals surface area (Å²) in [6, 6.07) is 2.01. The summed E-state index contributed by atoms with van der Waals surface area (Å²) in [6.07, 6.45) is 0.526. The highest BCUT2D eigenvalue weighted by molar-refractivity contribution is 9.10. The van der Waals surface area contributed by atoms with E-state index >= 15 is 0 Å². The molecule has 4 heteroatoms. The van der Waals surface area contributed by atoms with Crippen LogP contribution in [-0.4, -0.2) is 23.9 Å². The first-order chi connectivity index (χ1) is 6.67. The van der Waals surface area contributed by atoms with E-state index < -0.39 is 0 Å². The highest BCUT2D eigenvalue weighted by Crippen LogP contribution is 2.20. The van der Waals surface area contributed by atoms with E-state index in [4.69, 9.17) is 0 Å². The van der Waals surface area contributed by atoms with Crippen LogP contribution < -0.4 is 0 Å². The molecule has 1 amide bonds. The van der Waals surface area contributed by atoms with Crippen LogP contribution in [0.3, 0.4) is 0 Å². The number of likely N-dealkylation sites (N-methyl/N-ethyl adjacent to an activating group) is 1. The van der Waals surface area contributed by atoms with Crippen molar-refractivity contribution in [2.75, 3.05) is 13.1 Å². The molecule has 0 saturated heterocycles. The van der Waals surface area contributed by atoms with Crippen molar-refractivity contribution in [1.29, 1.82) is 0 Å². The molecular weight excluding hydrogens is 262 g/mol. The fourth-order valence-electron chi connectivity index (χ4n) is 1.28. The van der Waals surface area contributed by atoms with Crippen molar-refractivity contribution in [3.05, 3.63) is 20.8 Å². The van der Waals surface area contributed by atoms with Crippen molar-refractivity contribution in [2.24, 2.45) is 0 Å². The van der Waals surface area contributed by atoms with Crippen molar-refractivity contribution < 1.29 is 4.79 Å². The van der Waals surface area contributed by atoms with Crippen LogP contribution in [0.4, 0.5) is 0 Å². The number of carbonyl (C=O) groups is 1. The molecule has 2 nitrogen and oxygen atoms in total. The van der Waals surface area contributed by atoms with E-state index in [0.29, 0.717) is 6.42 Å². The summed E-state index contributed by atoms with van der Waals surface area (Å²) >= 11 is 5.00. The van der Waals surface area contributed by atoms with Crippen LogP contribution in [0.1, 0.15) is 18.7 Å². The van der Waals surface area contributed by atoms with Crippen molar-refractivity contribution in [1.82, 2.24) is 4.90 Å². The number of halogens is 1. The molecule has 1 heterocycles. The van der Waals surface area contributed by atoms with Crippen LogP contribution in [0.2, 0.25) is 0 Å². The van der Waals surface area contributed by atoms with Crippen LogP contribution in [0.5, 0.6) is 0 Å². The zero-order chi connectivity index (χ0) is 10.6. The highest BCUT2D eigenvalue weighted by Gasteiger charge is 2.11. The lowest BCUT2D eigenvalue weighted by Gasteiger charge is -2.17. The Balaban J connectivity index is 2.56.